The topological polar surface area (TPSA) is 48.6 Å². The third kappa shape index (κ3) is 5.04. The van der Waals surface area contributed by atoms with Gasteiger partial charge in [-0.2, -0.15) is 0 Å². The molecule has 0 spiro atoms. The van der Waals surface area contributed by atoms with E-state index in [1.807, 2.05) is 18.3 Å². The van der Waals surface area contributed by atoms with Gasteiger partial charge < -0.3 is 19.7 Å². The quantitative estimate of drug-likeness (QED) is 0.690. The van der Waals surface area contributed by atoms with E-state index in [0.717, 1.165) is 38.3 Å². The second-order valence-corrected chi connectivity index (χ2v) is 4.28. The molecular weight excluding hydrogens is 228 g/mol. The van der Waals surface area contributed by atoms with Gasteiger partial charge in [-0.05, 0) is 50.3 Å². The monoisotopic (exact) mass is 252 g/mol. The summed E-state index contributed by atoms with van der Waals surface area (Å²) < 4.78 is 2.13. The molecule has 0 radical (unpaired) electrons. The van der Waals surface area contributed by atoms with Crippen molar-refractivity contribution in [2.45, 2.75) is 33.1 Å². The van der Waals surface area contributed by atoms with Crippen LogP contribution in [-0.2, 0) is 6.54 Å². The first kappa shape index (κ1) is 15.0. The molecule has 1 rings (SSSR count). The average molecular weight is 252 g/mol. The smallest absolute Gasteiger partial charge is 0.171 e. The van der Waals surface area contributed by atoms with Crippen LogP contribution in [0, 0.1) is 0 Å². The summed E-state index contributed by atoms with van der Waals surface area (Å²) in [5, 5.41) is 17.6. The minimum atomic E-state index is -1.39. The zero-order valence-electron chi connectivity index (χ0n) is 11.3. The van der Waals surface area contributed by atoms with Crippen LogP contribution < -0.4 is 0 Å². The molecule has 1 aromatic rings. The van der Waals surface area contributed by atoms with Gasteiger partial charge in [0.2, 0.25) is 0 Å². The van der Waals surface area contributed by atoms with Gasteiger partial charge in [0.05, 0.1) is 0 Å². The third-order valence-corrected chi connectivity index (χ3v) is 3.07. The summed E-state index contributed by atoms with van der Waals surface area (Å²) in [4.78, 5) is 2.40. The molecule has 0 atom stereocenters. The number of aliphatic hydroxyl groups is 2. The van der Waals surface area contributed by atoms with E-state index < -0.39 is 6.29 Å². The van der Waals surface area contributed by atoms with Gasteiger partial charge in [0.25, 0.3) is 0 Å². The van der Waals surface area contributed by atoms with Gasteiger partial charge in [-0.1, -0.05) is 13.8 Å². The molecular formula is C14H24N2O2. The fourth-order valence-corrected chi connectivity index (χ4v) is 1.97. The first-order chi connectivity index (χ1) is 8.67. The molecule has 0 unspecified atom stereocenters. The molecule has 18 heavy (non-hydrogen) atoms. The minimum absolute atomic E-state index is 0.949. The highest BCUT2D eigenvalue weighted by Crippen LogP contribution is 2.07. The zero-order valence-corrected chi connectivity index (χ0v) is 11.3. The molecule has 0 saturated heterocycles. The average Bonchev–Trinajstić information content (AvgIpc) is 2.79. The van der Waals surface area contributed by atoms with E-state index in [0.29, 0.717) is 0 Å². The van der Waals surface area contributed by atoms with Gasteiger partial charge in [-0.25, -0.2) is 0 Å². The molecule has 1 aromatic heterocycles. The van der Waals surface area contributed by atoms with Gasteiger partial charge in [0.1, 0.15) is 0 Å². The summed E-state index contributed by atoms with van der Waals surface area (Å²) >= 11 is 0. The van der Waals surface area contributed by atoms with E-state index in [1.54, 1.807) is 6.08 Å². The van der Waals surface area contributed by atoms with Crippen molar-refractivity contribution < 1.29 is 10.2 Å². The van der Waals surface area contributed by atoms with E-state index >= 15 is 0 Å². The van der Waals surface area contributed by atoms with Crippen molar-refractivity contribution in [1.82, 2.24) is 9.47 Å². The largest absolute Gasteiger partial charge is 0.365 e. The summed E-state index contributed by atoms with van der Waals surface area (Å²) in [6.45, 7) is 8.57. The normalized spacial score (nSPS) is 12.1. The molecule has 4 nitrogen and oxygen atoms in total. The third-order valence-electron chi connectivity index (χ3n) is 3.07. The summed E-state index contributed by atoms with van der Waals surface area (Å²) in [5.74, 6) is 0. The van der Waals surface area contributed by atoms with Crippen molar-refractivity contribution in [1.29, 1.82) is 0 Å². The SMILES string of the molecule is CCN(CC)CCCn1cccc1C=CC(O)O. The van der Waals surface area contributed by atoms with Crippen LogP contribution in [0.1, 0.15) is 26.0 Å². The molecule has 0 aliphatic rings. The van der Waals surface area contributed by atoms with Gasteiger partial charge in [0.15, 0.2) is 6.29 Å². The Hall–Kier alpha value is -1.10. The molecule has 0 aliphatic heterocycles. The van der Waals surface area contributed by atoms with Crippen molar-refractivity contribution in [2.75, 3.05) is 19.6 Å². The van der Waals surface area contributed by atoms with Gasteiger partial charge in [-0.15, -0.1) is 0 Å². The van der Waals surface area contributed by atoms with E-state index in [2.05, 4.69) is 23.3 Å². The van der Waals surface area contributed by atoms with Gasteiger partial charge in [-0.3, -0.25) is 0 Å². The van der Waals surface area contributed by atoms with Gasteiger partial charge >= 0.3 is 0 Å². The Labute approximate surface area is 109 Å². The van der Waals surface area contributed by atoms with Crippen LogP contribution >= 0.6 is 0 Å². The molecule has 2 N–H and O–H groups in total. The predicted octanol–water partition coefficient (Wildman–Crippen LogP) is 1.54. The van der Waals surface area contributed by atoms with Crippen LogP contribution in [0.15, 0.2) is 24.4 Å². The van der Waals surface area contributed by atoms with Crippen LogP contribution in [0.4, 0.5) is 0 Å². The fraction of sp³-hybridized carbons (Fsp3) is 0.571. The van der Waals surface area contributed by atoms with Crippen LogP contribution in [0.25, 0.3) is 6.08 Å². The number of nitrogens with zero attached hydrogens (tertiary/aromatic N) is 2. The number of rotatable bonds is 8. The maximum Gasteiger partial charge on any atom is 0.171 e. The van der Waals surface area contributed by atoms with E-state index in [1.165, 1.54) is 6.08 Å². The Morgan fingerprint density at radius 2 is 2.06 bits per heavy atom. The highest BCUT2D eigenvalue weighted by molar-refractivity contribution is 5.45. The maximum absolute atomic E-state index is 8.81. The first-order valence-corrected chi connectivity index (χ1v) is 6.59. The number of aliphatic hydroxyl groups excluding tert-OH is 1. The van der Waals surface area contributed by atoms with Crippen molar-refractivity contribution in [3.8, 4) is 0 Å². The van der Waals surface area contributed by atoms with E-state index in [9.17, 15) is 0 Å². The minimum Gasteiger partial charge on any atom is -0.365 e. The molecule has 4 heteroatoms. The molecule has 1 heterocycles. The lowest BCUT2D eigenvalue weighted by Gasteiger charge is -2.18. The summed E-state index contributed by atoms with van der Waals surface area (Å²) in [6, 6.07) is 3.94. The fourth-order valence-electron chi connectivity index (χ4n) is 1.97. The highest BCUT2D eigenvalue weighted by Gasteiger charge is 2.01. The Balaban J connectivity index is 2.45. The van der Waals surface area contributed by atoms with Crippen LogP contribution in [0.5, 0.6) is 0 Å². The highest BCUT2D eigenvalue weighted by atomic mass is 16.5. The second kappa shape index (κ2) is 8.08. The Morgan fingerprint density at radius 3 is 2.67 bits per heavy atom. The molecule has 0 amide bonds. The molecule has 0 aliphatic carbocycles. The van der Waals surface area contributed by atoms with Crippen molar-refractivity contribution in [2.24, 2.45) is 0 Å². The van der Waals surface area contributed by atoms with Gasteiger partial charge in [0, 0.05) is 18.4 Å². The zero-order chi connectivity index (χ0) is 13.4. The van der Waals surface area contributed by atoms with Crippen LogP contribution in [-0.4, -0.2) is 45.6 Å². The Kier molecular flexibility index (Phi) is 6.72. The lowest BCUT2D eigenvalue weighted by atomic mass is 10.3. The number of aromatic nitrogens is 1. The van der Waals surface area contributed by atoms with E-state index in [4.69, 9.17) is 10.2 Å². The molecule has 102 valence electrons. The van der Waals surface area contributed by atoms with Crippen LogP contribution in [0.2, 0.25) is 0 Å². The Bertz CT molecular complexity index is 354. The number of hydrogen-bond donors (Lipinski definition) is 2. The lowest BCUT2D eigenvalue weighted by molar-refractivity contribution is 0.00302. The standard InChI is InChI=1S/C14H24N2O2/c1-3-15(4-2)10-6-12-16-11-5-7-13(16)8-9-14(17)18/h5,7-9,11,14,17-18H,3-4,6,10,12H2,1-2H3. The summed E-state index contributed by atoms with van der Waals surface area (Å²) in [6.07, 6.45) is 4.84. The van der Waals surface area contributed by atoms with Crippen molar-refractivity contribution >= 4 is 6.08 Å². The summed E-state index contributed by atoms with van der Waals surface area (Å²) in [5.41, 5.74) is 1.00. The molecule has 0 fully saturated rings. The Morgan fingerprint density at radius 1 is 1.33 bits per heavy atom. The van der Waals surface area contributed by atoms with E-state index in [-0.39, 0.29) is 0 Å². The number of hydrogen-bond acceptors (Lipinski definition) is 3. The van der Waals surface area contributed by atoms with Crippen molar-refractivity contribution in [3.05, 3.63) is 30.1 Å². The molecule has 0 saturated carbocycles. The predicted molar refractivity (Wildman–Crippen MR) is 74.1 cm³/mol. The van der Waals surface area contributed by atoms with Crippen molar-refractivity contribution in [3.63, 3.8) is 0 Å². The van der Waals surface area contributed by atoms with Crippen LogP contribution in [0.3, 0.4) is 0 Å². The first-order valence-electron chi connectivity index (χ1n) is 6.59. The lowest BCUT2D eigenvalue weighted by Crippen LogP contribution is -2.24. The molecule has 0 bridgehead atoms. The second-order valence-electron chi connectivity index (χ2n) is 4.28. The molecule has 0 aromatic carbocycles. The number of aryl methyl sites for hydroxylation is 1. The summed E-state index contributed by atoms with van der Waals surface area (Å²) in [7, 11) is 0. The maximum atomic E-state index is 8.81.